The molecule has 0 fully saturated rings. The van der Waals surface area contributed by atoms with Crippen molar-refractivity contribution >= 4 is 73.4 Å². The van der Waals surface area contributed by atoms with Crippen molar-refractivity contribution in [1.29, 1.82) is 0 Å². The van der Waals surface area contributed by atoms with Gasteiger partial charge in [0.05, 0.1) is 31.0 Å². The van der Waals surface area contributed by atoms with Gasteiger partial charge in [-0.3, -0.25) is 9.11 Å². The van der Waals surface area contributed by atoms with E-state index in [2.05, 4.69) is 10.2 Å². The van der Waals surface area contributed by atoms with Gasteiger partial charge in [0.2, 0.25) is 0 Å². The van der Waals surface area contributed by atoms with Gasteiger partial charge in [0, 0.05) is 10.8 Å². The molecule has 0 saturated carbocycles. The van der Waals surface area contributed by atoms with Gasteiger partial charge in [-0.15, -0.1) is 0 Å². The van der Waals surface area contributed by atoms with E-state index in [0.29, 0.717) is 24.3 Å². The molecule has 0 aliphatic heterocycles. The van der Waals surface area contributed by atoms with Crippen LogP contribution < -0.4 is 128 Å². The first-order chi connectivity index (χ1) is 18.2. The van der Waals surface area contributed by atoms with E-state index in [0.717, 1.165) is 24.3 Å². The molecule has 4 aromatic carbocycles. The number of azo groups is 1. The van der Waals surface area contributed by atoms with Crippen LogP contribution in [0.5, 0.6) is 11.5 Å². The molecule has 212 valence electrons. The van der Waals surface area contributed by atoms with Gasteiger partial charge in [0.25, 0.3) is 20.2 Å². The normalized spacial score (nSPS) is 12.2. The van der Waals surface area contributed by atoms with Gasteiger partial charge in [-0.2, -0.15) is 27.1 Å². The van der Waals surface area contributed by atoms with Crippen LogP contribution in [0, 0.1) is 0 Å². The SMILES string of the molecule is O=S(=O)([O-])c1ccc2c(N=Nc3c([O-])c(S(=O)(=O)O)cc4cc(S(=O)(=O)[O-])ccc34)c([O-])c(S(=O)(=O)O)cc2c1.[Na+].[Na+].[Na+].[Na+]. The predicted molar refractivity (Wildman–Crippen MR) is 127 cm³/mol. The van der Waals surface area contributed by atoms with Crippen molar-refractivity contribution in [3.8, 4) is 11.5 Å². The summed E-state index contributed by atoms with van der Waals surface area (Å²) in [6, 6.07) is 5.69. The van der Waals surface area contributed by atoms with E-state index in [9.17, 15) is 62.1 Å². The zero-order valence-electron chi connectivity index (χ0n) is 22.9. The molecule has 24 heteroatoms. The van der Waals surface area contributed by atoms with Gasteiger partial charge in [0.1, 0.15) is 20.2 Å². The summed E-state index contributed by atoms with van der Waals surface area (Å²) >= 11 is 0. The average molecular weight is 723 g/mol. The summed E-state index contributed by atoms with van der Waals surface area (Å²) in [4.78, 5) is -4.33. The molecular weight excluding hydrogens is 712 g/mol. The number of rotatable bonds is 6. The van der Waals surface area contributed by atoms with E-state index in [1.54, 1.807) is 0 Å². The minimum absolute atomic E-state index is 0. The molecule has 0 aliphatic rings. The van der Waals surface area contributed by atoms with E-state index < -0.39 is 93.7 Å². The Morgan fingerprint density at radius 1 is 0.523 bits per heavy atom. The van der Waals surface area contributed by atoms with Gasteiger partial charge >= 0.3 is 118 Å². The second kappa shape index (κ2) is 15.6. The number of hydrogen-bond acceptors (Lipinski definition) is 14. The van der Waals surface area contributed by atoms with Crippen molar-refractivity contribution in [2.45, 2.75) is 19.6 Å². The molecule has 16 nitrogen and oxygen atoms in total. The third-order valence-corrected chi connectivity index (χ3v) is 8.77. The van der Waals surface area contributed by atoms with E-state index in [1.165, 1.54) is 0 Å². The summed E-state index contributed by atoms with van der Waals surface area (Å²) in [7, 11) is -20.7. The summed E-state index contributed by atoms with van der Waals surface area (Å²) in [6.45, 7) is 0. The third kappa shape index (κ3) is 9.44. The maximum Gasteiger partial charge on any atom is 1.00 e. The van der Waals surface area contributed by atoms with Gasteiger partial charge < -0.3 is 19.3 Å². The van der Waals surface area contributed by atoms with E-state index >= 15 is 0 Å². The van der Waals surface area contributed by atoms with Crippen LogP contribution in [0.1, 0.15) is 0 Å². The van der Waals surface area contributed by atoms with Gasteiger partial charge in [0.15, 0.2) is 0 Å². The van der Waals surface area contributed by atoms with Crippen LogP contribution in [0.4, 0.5) is 11.4 Å². The monoisotopic (exact) mass is 722 g/mol. The smallest absolute Gasteiger partial charge is 0.870 e. The second-order valence-electron chi connectivity index (χ2n) is 7.93. The van der Waals surface area contributed by atoms with Gasteiger partial charge in [-0.25, -0.2) is 16.8 Å². The van der Waals surface area contributed by atoms with E-state index in [4.69, 9.17) is 0 Å². The largest absolute Gasteiger partial charge is 1.00 e. The Bertz CT molecular complexity index is 2090. The molecule has 0 aromatic heterocycles. The van der Waals surface area contributed by atoms with E-state index in [1.807, 2.05) is 0 Å². The van der Waals surface area contributed by atoms with Crippen molar-refractivity contribution in [1.82, 2.24) is 0 Å². The zero-order valence-corrected chi connectivity index (χ0v) is 34.2. The molecule has 0 unspecified atom stereocenters. The van der Waals surface area contributed by atoms with Crippen LogP contribution in [0.25, 0.3) is 21.5 Å². The molecular formula is C20H10N2Na4O14S4. The van der Waals surface area contributed by atoms with Crippen molar-refractivity contribution < 1.29 is 180 Å². The first-order valence-corrected chi connectivity index (χ1v) is 15.7. The Morgan fingerprint density at radius 2 is 0.818 bits per heavy atom. The maximum absolute atomic E-state index is 12.9. The summed E-state index contributed by atoms with van der Waals surface area (Å²) in [5.74, 6) is -3.00. The van der Waals surface area contributed by atoms with Crippen LogP contribution in [0.15, 0.2) is 78.3 Å². The predicted octanol–water partition coefficient (Wildman–Crippen LogP) is -11.1. The molecule has 4 rings (SSSR count). The minimum Gasteiger partial charge on any atom is -0.870 e. The number of benzene rings is 4. The molecule has 44 heavy (non-hydrogen) atoms. The van der Waals surface area contributed by atoms with Crippen molar-refractivity contribution in [3.05, 3.63) is 48.5 Å². The minimum atomic E-state index is -5.27. The number of nitrogens with zero attached hydrogens (tertiary/aromatic N) is 2. The van der Waals surface area contributed by atoms with Crippen LogP contribution in [0.2, 0.25) is 0 Å². The Balaban J connectivity index is 0.00000462. The summed E-state index contributed by atoms with van der Waals surface area (Å²) < 4.78 is 134. The standard InChI is InChI=1S/C20H14N2O14S4.4Na/c23-19-15(39(31,32)33)7-9-5-11(37(25,26)27)1-3-13(9)17(19)21-22-18-14-4-2-12(38(28,29)30)6-10(14)8-16(20(18)24)40(34,35)36;;;;/h1-8,23-24H,(H,25,26,27)(H,28,29,30)(H,31,32,33)(H,34,35,36);;;;/q;4*+1/p-4. The van der Waals surface area contributed by atoms with Crippen molar-refractivity contribution in [3.63, 3.8) is 0 Å². The molecule has 0 spiro atoms. The molecule has 0 saturated heterocycles. The number of fused-ring (bicyclic) bond motifs is 2. The Morgan fingerprint density at radius 3 is 1.07 bits per heavy atom. The topological polar surface area (TPSA) is 294 Å². The third-order valence-electron chi connectivity index (χ3n) is 5.39. The fourth-order valence-corrected chi connectivity index (χ4v) is 5.86. The Labute approximate surface area is 338 Å². The summed E-state index contributed by atoms with van der Waals surface area (Å²) in [5.41, 5.74) is -1.83. The fraction of sp³-hybridized carbons (Fsp3) is 0. The Hall–Kier alpha value is 0.240. The van der Waals surface area contributed by atoms with Crippen LogP contribution in [-0.2, 0) is 40.5 Å². The van der Waals surface area contributed by atoms with Crippen LogP contribution in [-0.4, -0.2) is 51.9 Å². The first kappa shape index (κ1) is 44.2. The van der Waals surface area contributed by atoms with Crippen LogP contribution >= 0.6 is 0 Å². The van der Waals surface area contributed by atoms with Gasteiger partial charge in [-0.05, 0) is 47.2 Å². The van der Waals surface area contributed by atoms with Gasteiger partial charge in [-0.1, -0.05) is 23.6 Å². The van der Waals surface area contributed by atoms with Crippen molar-refractivity contribution in [2.75, 3.05) is 0 Å². The van der Waals surface area contributed by atoms with E-state index in [-0.39, 0.29) is 129 Å². The molecule has 4 aromatic rings. The Kier molecular flexibility index (Phi) is 15.7. The van der Waals surface area contributed by atoms with Crippen molar-refractivity contribution in [2.24, 2.45) is 10.2 Å². The molecule has 0 aliphatic carbocycles. The van der Waals surface area contributed by atoms with Crippen LogP contribution in [0.3, 0.4) is 0 Å². The maximum atomic E-state index is 12.9. The fourth-order valence-electron chi connectivity index (χ4n) is 3.64. The summed E-state index contributed by atoms with van der Waals surface area (Å²) in [5, 5.41) is 31.4. The molecule has 0 amide bonds. The molecule has 0 atom stereocenters. The molecule has 0 bridgehead atoms. The first-order valence-electron chi connectivity index (χ1n) is 10.0. The average Bonchev–Trinajstić information content (AvgIpc) is 2.80. The zero-order chi connectivity index (χ0) is 30.0. The second-order valence-corrected chi connectivity index (χ2v) is 13.5. The molecule has 2 N–H and O–H groups in total. The summed E-state index contributed by atoms with van der Waals surface area (Å²) in [6.07, 6.45) is 0. The molecule has 0 radical (unpaired) electrons. The number of hydrogen-bond donors (Lipinski definition) is 2. The quantitative estimate of drug-likeness (QED) is 0.106. The molecule has 0 heterocycles.